The number of carbonyl (C=O) groups excluding carboxylic acids is 1. The number of esters is 1. The number of carbonyl (C=O) groups is 1. The van der Waals surface area contributed by atoms with E-state index in [-0.39, 0.29) is 5.97 Å². The summed E-state index contributed by atoms with van der Waals surface area (Å²) in [6, 6.07) is 7.66. The maximum atomic E-state index is 11.5. The highest BCUT2D eigenvalue weighted by molar-refractivity contribution is 5.90. The number of benzene rings is 1. The van der Waals surface area contributed by atoms with Gasteiger partial charge in [-0.2, -0.15) is 0 Å². The Morgan fingerprint density at radius 3 is 2.79 bits per heavy atom. The van der Waals surface area contributed by atoms with Crippen molar-refractivity contribution in [2.75, 3.05) is 31.6 Å². The fourth-order valence-electron chi connectivity index (χ4n) is 2.66. The van der Waals surface area contributed by atoms with Crippen molar-refractivity contribution in [1.29, 1.82) is 0 Å². The number of anilines is 1. The summed E-state index contributed by atoms with van der Waals surface area (Å²) in [4.78, 5) is 13.9. The zero-order valence-corrected chi connectivity index (χ0v) is 11.5. The molecule has 1 aliphatic heterocycles. The van der Waals surface area contributed by atoms with Crippen molar-refractivity contribution in [3.05, 3.63) is 29.8 Å². The van der Waals surface area contributed by atoms with Gasteiger partial charge in [0, 0.05) is 18.8 Å². The number of hydrogen-bond donors (Lipinski definition) is 1. The first kappa shape index (κ1) is 13.9. The average Bonchev–Trinajstić information content (AvgIpc) is 2.48. The van der Waals surface area contributed by atoms with Gasteiger partial charge in [0.05, 0.1) is 12.7 Å². The minimum Gasteiger partial charge on any atom is -0.465 e. The molecule has 1 heterocycles. The van der Waals surface area contributed by atoms with Gasteiger partial charge in [0.15, 0.2) is 0 Å². The predicted molar refractivity (Wildman–Crippen MR) is 76.4 cm³/mol. The van der Waals surface area contributed by atoms with Gasteiger partial charge < -0.3 is 15.4 Å². The van der Waals surface area contributed by atoms with E-state index in [1.165, 1.54) is 20.0 Å². The van der Waals surface area contributed by atoms with Crippen molar-refractivity contribution in [3.8, 4) is 0 Å². The van der Waals surface area contributed by atoms with Crippen LogP contribution in [0.4, 0.5) is 5.69 Å². The molecule has 0 radical (unpaired) electrons. The third-order valence-corrected chi connectivity index (χ3v) is 3.82. The molecule has 0 amide bonds. The molecule has 19 heavy (non-hydrogen) atoms. The average molecular weight is 262 g/mol. The molecule has 1 saturated heterocycles. The SMILES string of the molecule is COC(=O)c1cccc(N2CCC(CCN)CC2)c1. The number of methoxy groups -OCH3 is 1. The lowest BCUT2D eigenvalue weighted by Crippen LogP contribution is -2.34. The van der Waals surface area contributed by atoms with Gasteiger partial charge in [-0.1, -0.05) is 6.07 Å². The summed E-state index contributed by atoms with van der Waals surface area (Å²) in [6.45, 7) is 2.85. The molecule has 0 bridgehead atoms. The Bertz CT molecular complexity index is 426. The number of piperidine rings is 1. The van der Waals surface area contributed by atoms with Crippen molar-refractivity contribution in [2.45, 2.75) is 19.3 Å². The third kappa shape index (κ3) is 3.47. The van der Waals surface area contributed by atoms with Crippen LogP contribution in [-0.2, 0) is 4.74 Å². The lowest BCUT2D eigenvalue weighted by atomic mass is 9.93. The molecule has 4 heteroatoms. The maximum Gasteiger partial charge on any atom is 0.337 e. The van der Waals surface area contributed by atoms with Crippen LogP contribution < -0.4 is 10.6 Å². The van der Waals surface area contributed by atoms with E-state index in [1.54, 1.807) is 6.07 Å². The highest BCUT2D eigenvalue weighted by atomic mass is 16.5. The summed E-state index contributed by atoms with van der Waals surface area (Å²) in [5.41, 5.74) is 7.33. The topological polar surface area (TPSA) is 55.6 Å². The third-order valence-electron chi connectivity index (χ3n) is 3.82. The Kier molecular flexibility index (Phi) is 4.80. The van der Waals surface area contributed by atoms with E-state index in [2.05, 4.69) is 11.0 Å². The summed E-state index contributed by atoms with van der Waals surface area (Å²) < 4.78 is 4.76. The van der Waals surface area contributed by atoms with E-state index in [0.717, 1.165) is 37.7 Å². The van der Waals surface area contributed by atoms with E-state index in [9.17, 15) is 4.79 Å². The van der Waals surface area contributed by atoms with Crippen LogP contribution in [0.15, 0.2) is 24.3 Å². The zero-order chi connectivity index (χ0) is 13.7. The number of ether oxygens (including phenoxy) is 1. The molecule has 1 aromatic rings. The van der Waals surface area contributed by atoms with E-state index in [1.807, 2.05) is 12.1 Å². The molecule has 0 aromatic heterocycles. The van der Waals surface area contributed by atoms with Gasteiger partial charge >= 0.3 is 5.97 Å². The van der Waals surface area contributed by atoms with Gasteiger partial charge in [-0.25, -0.2) is 4.79 Å². The Morgan fingerprint density at radius 1 is 1.42 bits per heavy atom. The van der Waals surface area contributed by atoms with Gasteiger partial charge in [-0.15, -0.1) is 0 Å². The molecule has 1 aromatic carbocycles. The second-order valence-corrected chi connectivity index (χ2v) is 5.05. The molecule has 0 saturated carbocycles. The van der Waals surface area contributed by atoms with Crippen molar-refractivity contribution >= 4 is 11.7 Å². The monoisotopic (exact) mass is 262 g/mol. The Balaban J connectivity index is 2.01. The normalized spacial score (nSPS) is 16.4. The zero-order valence-electron chi connectivity index (χ0n) is 11.5. The predicted octanol–water partition coefficient (Wildman–Crippen LogP) is 2.04. The summed E-state index contributed by atoms with van der Waals surface area (Å²) in [5, 5.41) is 0. The van der Waals surface area contributed by atoms with E-state index in [4.69, 9.17) is 10.5 Å². The summed E-state index contributed by atoms with van der Waals surface area (Å²) >= 11 is 0. The second-order valence-electron chi connectivity index (χ2n) is 5.05. The van der Waals surface area contributed by atoms with Crippen LogP contribution >= 0.6 is 0 Å². The quantitative estimate of drug-likeness (QED) is 0.844. The molecule has 2 N–H and O–H groups in total. The number of nitrogens with two attached hydrogens (primary N) is 1. The molecule has 0 spiro atoms. The van der Waals surface area contributed by atoms with Crippen LogP contribution in [0.1, 0.15) is 29.6 Å². The minimum atomic E-state index is -0.278. The van der Waals surface area contributed by atoms with Gasteiger partial charge in [-0.05, 0) is 49.9 Å². The van der Waals surface area contributed by atoms with Crippen LogP contribution in [0.2, 0.25) is 0 Å². The number of hydrogen-bond acceptors (Lipinski definition) is 4. The molecule has 1 fully saturated rings. The molecule has 1 aliphatic rings. The molecule has 2 rings (SSSR count). The number of nitrogens with zero attached hydrogens (tertiary/aromatic N) is 1. The van der Waals surface area contributed by atoms with Crippen LogP contribution in [0.5, 0.6) is 0 Å². The first-order valence-corrected chi connectivity index (χ1v) is 6.88. The smallest absolute Gasteiger partial charge is 0.337 e. The van der Waals surface area contributed by atoms with Crippen LogP contribution in [0, 0.1) is 5.92 Å². The second kappa shape index (κ2) is 6.57. The van der Waals surface area contributed by atoms with Crippen molar-refractivity contribution in [1.82, 2.24) is 0 Å². The highest BCUT2D eigenvalue weighted by Crippen LogP contribution is 2.25. The lowest BCUT2D eigenvalue weighted by molar-refractivity contribution is 0.0601. The first-order chi connectivity index (χ1) is 9.24. The van der Waals surface area contributed by atoms with Gasteiger partial charge in [0.2, 0.25) is 0 Å². The molecule has 4 nitrogen and oxygen atoms in total. The Hall–Kier alpha value is -1.55. The fraction of sp³-hybridized carbons (Fsp3) is 0.533. The van der Waals surface area contributed by atoms with E-state index in [0.29, 0.717) is 5.56 Å². The van der Waals surface area contributed by atoms with Gasteiger partial charge in [-0.3, -0.25) is 0 Å². The maximum absolute atomic E-state index is 11.5. The summed E-state index contributed by atoms with van der Waals surface area (Å²) in [7, 11) is 1.41. The van der Waals surface area contributed by atoms with Crippen LogP contribution in [0.3, 0.4) is 0 Å². The highest BCUT2D eigenvalue weighted by Gasteiger charge is 2.19. The largest absolute Gasteiger partial charge is 0.465 e. The lowest BCUT2D eigenvalue weighted by Gasteiger charge is -2.33. The van der Waals surface area contributed by atoms with E-state index >= 15 is 0 Å². The molecular formula is C15H22N2O2. The van der Waals surface area contributed by atoms with Crippen molar-refractivity contribution < 1.29 is 9.53 Å². The van der Waals surface area contributed by atoms with Gasteiger partial charge in [0.1, 0.15) is 0 Å². The fourth-order valence-corrected chi connectivity index (χ4v) is 2.66. The molecule has 0 aliphatic carbocycles. The van der Waals surface area contributed by atoms with Crippen LogP contribution in [0.25, 0.3) is 0 Å². The summed E-state index contributed by atoms with van der Waals surface area (Å²) in [6.07, 6.45) is 3.48. The van der Waals surface area contributed by atoms with Crippen molar-refractivity contribution in [2.24, 2.45) is 11.7 Å². The van der Waals surface area contributed by atoms with E-state index < -0.39 is 0 Å². The minimum absolute atomic E-state index is 0.278. The Labute approximate surface area is 114 Å². The molecular weight excluding hydrogens is 240 g/mol. The standard InChI is InChI=1S/C15H22N2O2/c1-19-15(18)13-3-2-4-14(11-13)17-9-6-12(5-8-16)7-10-17/h2-4,11-12H,5-10,16H2,1H3. The first-order valence-electron chi connectivity index (χ1n) is 6.88. The van der Waals surface area contributed by atoms with Crippen molar-refractivity contribution in [3.63, 3.8) is 0 Å². The van der Waals surface area contributed by atoms with Gasteiger partial charge in [0.25, 0.3) is 0 Å². The molecule has 0 unspecified atom stereocenters. The summed E-state index contributed by atoms with van der Waals surface area (Å²) in [5.74, 6) is 0.477. The van der Waals surface area contributed by atoms with Crippen LogP contribution in [-0.4, -0.2) is 32.7 Å². The molecule has 104 valence electrons. The number of rotatable bonds is 4. The molecule has 0 atom stereocenters. The Morgan fingerprint density at radius 2 is 2.16 bits per heavy atom.